The molecule has 24 heavy (non-hydrogen) atoms. The van der Waals surface area contributed by atoms with Crippen LogP contribution in [0.15, 0.2) is 17.2 Å². The molecule has 8 heteroatoms. The van der Waals surface area contributed by atoms with Gasteiger partial charge in [0.2, 0.25) is 10.0 Å². The largest absolute Gasteiger partial charge is 0.317 e. The number of aromatic nitrogens is 3. The maximum absolute atomic E-state index is 12.9. The van der Waals surface area contributed by atoms with Crippen molar-refractivity contribution in [1.29, 1.82) is 0 Å². The van der Waals surface area contributed by atoms with Gasteiger partial charge in [-0.1, -0.05) is 6.92 Å². The Morgan fingerprint density at radius 2 is 2.04 bits per heavy atom. The number of sulfonamides is 1. The number of nitrogens with one attached hydrogen (secondary N) is 1. The molecule has 1 fully saturated rings. The topological polar surface area (TPSA) is 80.1 Å². The molecule has 1 aliphatic rings. The number of piperidine rings is 1. The van der Waals surface area contributed by atoms with Crippen molar-refractivity contribution < 1.29 is 8.42 Å². The Bertz CT molecular complexity index is 822. The van der Waals surface area contributed by atoms with Gasteiger partial charge in [-0.15, -0.1) is 0 Å². The first-order valence-corrected chi connectivity index (χ1v) is 9.87. The van der Waals surface area contributed by atoms with Gasteiger partial charge < -0.3 is 5.32 Å². The fraction of sp³-hybridized carbons (Fsp3) is 0.625. The molecular formula is C16H25N5O2S. The summed E-state index contributed by atoms with van der Waals surface area (Å²) < 4.78 is 29.1. The van der Waals surface area contributed by atoms with Crippen molar-refractivity contribution in [3.05, 3.63) is 18.0 Å². The molecule has 0 atom stereocenters. The average Bonchev–Trinajstić information content (AvgIpc) is 2.87. The maximum atomic E-state index is 12.9. The van der Waals surface area contributed by atoms with E-state index < -0.39 is 10.0 Å². The van der Waals surface area contributed by atoms with Crippen LogP contribution in [0.1, 0.15) is 25.5 Å². The first kappa shape index (κ1) is 17.3. The number of hydrogen-bond donors (Lipinski definition) is 1. The fourth-order valence-electron chi connectivity index (χ4n) is 3.28. The van der Waals surface area contributed by atoms with Crippen LogP contribution in [0.3, 0.4) is 0 Å². The van der Waals surface area contributed by atoms with Crippen LogP contribution in [0.2, 0.25) is 0 Å². The molecule has 1 aliphatic heterocycles. The quantitative estimate of drug-likeness (QED) is 0.878. The summed E-state index contributed by atoms with van der Waals surface area (Å²) in [6, 6.07) is 1.70. The fourth-order valence-corrected chi connectivity index (χ4v) is 4.72. The summed E-state index contributed by atoms with van der Waals surface area (Å²) in [6.07, 6.45) is 3.24. The molecule has 0 bridgehead atoms. The van der Waals surface area contributed by atoms with Crippen LogP contribution in [0.5, 0.6) is 0 Å². The molecule has 0 aliphatic carbocycles. The van der Waals surface area contributed by atoms with Gasteiger partial charge in [-0.3, -0.25) is 4.68 Å². The molecule has 0 spiro atoms. The van der Waals surface area contributed by atoms with Crippen LogP contribution in [0.4, 0.5) is 0 Å². The van der Waals surface area contributed by atoms with Crippen LogP contribution < -0.4 is 5.32 Å². The Kier molecular flexibility index (Phi) is 4.89. The SMILES string of the molecule is CCNCC1CCN(S(=O)(=O)c2cnc3c(c2)c(C)nn3C)CC1. The van der Waals surface area contributed by atoms with Gasteiger partial charge in [0.1, 0.15) is 4.90 Å². The number of nitrogens with zero attached hydrogens (tertiary/aromatic N) is 4. The van der Waals surface area contributed by atoms with E-state index in [0.717, 1.165) is 37.0 Å². The molecule has 7 nitrogen and oxygen atoms in total. The van der Waals surface area contributed by atoms with E-state index in [1.165, 1.54) is 6.20 Å². The van der Waals surface area contributed by atoms with E-state index in [4.69, 9.17) is 0 Å². The van der Waals surface area contributed by atoms with E-state index >= 15 is 0 Å². The number of hydrogen-bond acceptors (Lipinski definition) is 5. The predicted octanol–water partition coefficient (Wildman–Crippen LogP) is 1.29. The molecule has 0 amide bonds. The van der Waals surface area contributed by atoms with E-state index in [-0.39, 0.29) is 4.90 Å². The van der Waals surface area contributed by atoms with Crippen molar-refractivity contribution in [3.63, 3.8) is 0 Å². The molecule has 3 heterocycles. The standard InChI is InChI=1S/C16H25N5O2S/c1-4-17-10-13-5-7-21(8-6-13)24(22,23)14-9-15-12(2)19-20(3)16(15)18-11-14/h9,11,13,17H,4-8,10H2,1-3H3. The lowest BCUT2D eigenvalue weighted by Gasteiger charge is -2.31. The first-order valence-electron chi connectivity index (χ1n) is 8.43. The van der Waals surface area contributed by atoms with E-state index in [1.807, 2.05) is 14.0 Å². The number of aryl methyl sites for hydroxylation is 2. The highest BCUT2D eigenvalue weighted by Gasteiger charge is 2.30. The minimum Gasteiger partial charge on any atom is -0.317 e. The maximum Gasteiger partial charge on any atom is 0.244 e. The van der Waals surface area contributed by atoms with Crippen LogP contribution in [-0.4, -0.2) is 53.7 Å². The number of rotatable bonds is 5. The summed E-state index contributed by atoms with van der Waals surface area (Å²) in [5.74, 6) is 0.553. The first-order chi connectivity index (χ1) is 11.4. The lowest BCUT2D eigenvalue weighted by molar-refractivity contribution is 0.268. The third-order valence-electron chi connectivity index (χ3n) is 4.73. The minimum absolute atomic E-state index is 0.260. The van der Waals surface area contributed by atoms with Crippen molar-refractivity contribution in [2.24, 2.45) is 13.0 Å². The summed E-state index contributed by atoms with van der Waals surface area (Å²) in [6.45, 7) is 7.02. The summed E-state index contributed by atoms with van der Waals surface area (Å²) in [5, 5.41) is 8.44. The molecule has 0 aromatic carbocycles. The van der Waals surface area contributed by atoms with Crippen molar-refractivity contribution >= 4 is 21.1 Å². The monoisotopic (exact) mass is 351 g/mol. The Labute approximate surface area is 143 Å². The van der Waals surface area contributed by atoms with E-state index in [9.17, 15) is 8.42 Å². The molecule has 1 saturated heterocycles. The lowest BCUT2D eigenvalue weighted by atomic mass is 9.98. The number of pyridine rings is 1. The van der Waals surface area contributed by atoms with Crippen LogP contribution in [0.25, 0.3) is 11.0 Å². The molecule has 0 unspecified atom stereocenters. The van der Waals surface area contributed by atoms with Crippen molar-refractivity contribution in [3.8, 4) is 0 Å². The zero-order valence-electron chi connectivity index (χ0n) is 14.5. The van der Waals surface area contributed by atoms with Crippen LogP contribution in [-0.2, 0) is 17.1 Å². The van der Waals surface area contributed by atoms with Gasteiger partial charge in [-0.25, -0.2) is 13.4 Å². The molecular weight excluding hydrogens is 326 g/mol. The van der Waals surface area contributed by atoms with E-state index in [1.54, 1.807) is 15.1 Å². The van der Waals surface area contributed by atoms with Gasteiger partial charge in [0.25, 0.3) is 0 Å². The highest BCUT2D eigenvalue weighted by atomic mass is 32.2. The Morgan fingerprint density at radius 1 is 1.33 bits per heavy atom. The van der Waals surface area contributed by atoms with Crippen LogP contribution >= 0.6 is 0 Å². The molecule has 2 aromatic rings. The second-order valence-electron chi connectivity index (χ2n) is 6.41. The molecule has 1 N–H and O–H groups in total. The molecule has 0 radical (unpaired) electrons. The molecule has 132 valence electrons. The summed E-state index contributed by atoms with van der Waals surface area (Å²) in [5.41, 5.74) is 1.50. The highest BCUT2D eigenvalue weighted by molar-refractivity contribution is 7.89. The Balaban J connectivity index is 1.80. The van der Waals surface area contributed by atoms with Gasteiger partial charge in [-0.05, 0) is 44.8 Å². The zero-order chi connectivity index (χ0) is 17.3. The van der Waals surface area contributed by atoms with Gasteiger partial charge in [0, 0.05) is 31.7 Å². The minimum atomic E-state index is -3.49. The van der Waals surface area contributed by atoms with Crippen LogP contribution in [0, 0.1) is 12.8 Å². The van der Waals surface area contributed by atoms with Gasteiger partial charge in [-0.2, -0.15) is 9.40 Å². The van der Waals surface area contributed by atoms with Crippen molar-refractivity contribution in [2.45, 2.75) is 31.6 Å². The third-order valence-corrected chi connectivity index (χ3v) is 6.60. The summed E-state index contributed by atoms with van der Waals surface area (Å²) in [7, 11) is -1.68. The van der Waals surface area contributed by atoms with Crippen molar-refractivity contribution in [1.82, 2.24) is 24.4 Å². The predicted molar refractivity (Wildman–Crippen MR) is 93.3 cm³/mol. The van der Waals surface area contributed by atoms with Gasteiger partial charge in [0.15, 0.2) is 5.65 Å². The average molecular weight is 351 g/mol. The highest BCUT2D eigenvalue weighted by Crippen LogP contribution is 2.25. The lowest BCUT2D eigenvalue weighted by Crippen LogP contribution is -2.40. The molecule has 2 aromatic heterocycles. The summed E-state index contributed by atoms with van der Waals surface area (Å²) in [4.78, 5) is 4.56. The van der Waals surface area contributed by atoms with Gasteiger partial charge in [0.05, 0.1) is 5.69 Å². The Hall–Kier alpha value is -1.51. The zero-order valence-corrected chi connectivity index (χ0v) is 15.3. The number of fused-ring (bicyclic) bond motifs is 1. The second kappa shape index (κ2) is 6.78. The third kappa shape index (κ3) is 3.18. The van der Waals surface area contributed by atoms with Gasteiger partial charge >= 0.3 is 0 Å². The normalized spacial score (nSPS) is 17.6. The van der Waals surface area contributed by atoms with E-state index in [0.29, 0.717) is 24.7 Å². The smallest absolute Gasteiger partial charge is 0.244 e. The Morgan fingerprint density at radius 3 is 2.71 bits per heavy atom. The van der Waals surface area contributed by atoms with E-state index in [2.05, 4.69) is 22.3 Å². The molecule has 3 rings (SSSR count). The summed E-state index contributed by atoms with van der Waals surface area (Å²) >= 11 is 0. The second-order valence-corrected chi connectivity index (χ2v) is 8.34. The van der Waals surface area contributed by atoms with Crippen molar-refractivity contribution in [2.75, 3.05) is 26.2 Å². The molecule has 0 saturated carbocycles.